The lowest BCUT2D eigenvalue weighted by atomic mass is 9.78. The first-order chi connectivity index (χ1) is 13.9. The Morgan fingerprint density at radius 1 is 0.862 bits per heavy atom. The summed E-state index contributed by atoms with van der Waals surface area (Å²) in [5.74, 6) is -0.873. The average Bonchev–Trinajstić information content (AvgIpc) is 2.70. The van der Waals surface area contributed by atoms with Gasteiger partial charge in [-0.3, -0.25) is 0 Å². The van der Waals surface area contributed by atoms with E-state index in [1.807, 2.05) is 0 Å². The minimum Gasteiger partial charge on any atom is -0.429 e. The molecule has 1 saturated carbocycles. The standard InChI is InChI=1S/C24H28F4O/c1-2-3-17-4-6-18(7-5-17)8-9-19-10-13-21(14-11-19)29-24(27,28)20-12-15-22(25)23(26)16-20/h10-18H,2-9H2,1H3. The Morgan fingerprint density at radius 3 is 2.07 bits per heavy atom. The fourth-order valence-corrected chi connectivity index (χ4v) is 4.20. The molecule has 158 valence electrons. The molecule has 0 heterocycles. The minimum atomic E-state index is -3.74. The van der Waals surface area contributed by atoms with E-state index in [1.54, 1.807) is 12.1 Å². The fraction of sp³-hybridized carbons (Fsp3) is 0.500. The van der Waals surface area contributed by atoms with Crippen LogP contribution in [0.15, 0.2) is 42.5 Å². The Kier molecular flexibility index (Phi) is 7.20. The van der Waals surface area contributed by atoms with Crippen molar-refractivity contribution in [2.24, 2.45) is 11.8 Å². The summed E-state index contributed by atoms with van der Waals surface area (Å²) in [6.45, 7) is 2.24. The third-order valence-corrected chi connectivity index (χ3v) is 5.93. The van der Waals surface area contributed by atoms with Crippen LogP contribution in [0.4, 0.5) is 17.6 Å². The molecule has 0 atom stereocenters. The van der Waals surface area contributed by atoms with Gasteiger partial charge in [0.05, 0.1) is 5.56 Å². The van der Waals surface area contributed by atoms with Crippen molar-refractivity contribution in [2.45, 2.75) is 64.4 Å². The predicted molar refractivity (Wildman–Crippen MR) is 106 cm³/mol. The van der Waals surface area contributed by atoms with Gasteiger partial charge in [0.1, 0.15) is 5.75 Å². The smallest absolute Gasteiger partial charge is 0.426 e. The number of halogens is 4. The molecule has 0 bridgehead atoms. The number of hydrogen-bond acceptors (Lipinski definition) is 1. The van der Waals surface area contributed by atoms with Crippen LogP contribution in [-0.2, 0) is 12.5 Å². The highest BCUT2D eigenvalue weighted by molar-refractivity contribution is 5.29. The Balaban J connectivity index is 1.51. The molecule has 1 aliphatic rings. The first kappa shape index (κ1) is 21.7. The molecule has 5 heteroatoms. The zero-order valence-corrected chi connectivity index (χ0v) is 16.8. The van der Waals surface area contributed by atoms with E-state index >= 15 is 0 Å². The number of benzene rings is 2. The van der Waals surface area contributed by atoms with Gasteiger partial charge in [-0.25, -0.2) is 8.78 Å². The maximum atomic E-state index is 14.2. The lowest BCUT2D eigenvalue weighted by Crippen LogP contribution is -2.22. The van der Waals surface area contributed by atoms with E-state index < -0.39 is 23.3 Å². The molecule has 0 aliphatic heterocycles. The van der Waals surface area contributed by atoms with Crippen molar-refractivity contribution in [3.8, 4) is 5.75 Å². The van der Waals surface area contributed by atoms with Crippen LogP contribution in [0.25, 0.3) is 0 Å². The Hall–Kier alpha value is -2.04. The summed E-state index contributed by atoms with van der Waals surface area (Å²) in [4.78, 5) is 0. The van der Waals surface area contributed by atoms with Gasteiger partial charge in [-0.15, -0.1) is 0 Å². The summed E-state index contributed by atoms with van der Waals surface area (Å²) in [5, 5.41) is 0. The van der Waals surface area contributed by atoms with Crippen molar-refractivity contribution >= 4 is 0 Å². The molecule has 1 fully saturated rings. The van der Waals surface area contributed by atoms with E-state index in [1.165, 1.54) is 50.7 Å². The van der Waals surface area contributed by atoms with Crippen molar-refractivity contribution in [3.05, 3.63) is 65.2 Å². The maximum Gasteiger partial charge on any atom is 0.426 e. The van der Waals surface area contributed by atoms with Gasteiger partial charge in [0, 0.05) is 0 Å². The summed E-state index contributed by atoms with van der Waals surface area (Å²) in [6, 6.07) is 8.53. The highest BCUT2D eigenvalue weighted by Gasteiger charge is 2.35. The number of aryl methyl sites for hydroxylation is 1. The highest BCUT2D eigenvalue weighted by atomic mass is 19.3. The second-order valence-corrected chi connectivity index (χ2v) is 8.11. The third kappa shape index (κ3) is 5.97. The predicted octanol–water partition coefficient (Wildman–Crippen LogP) is 7.63. The molecule has 0 N–H and O–H groups in total. The van der Waals surface area contributed by atoms with Crippen LogP contribution in [0.2, 0.25) is 0 Å². The van der Waals surface area contributed by atoms with Crippen LogP contribution >= 0.6 is 0 Å². The summed E-state index contributed by atoms with van der Waals surface area (Å²) >= 11 is 0. The van der Waals surface area contributed by atoms with E-state index in [2.05, 4.69) is 6.92 Å². The molecule has 3 rings (SSSR count). The Morgan fingerprint density at radius 2 is 1.48 bits per heavy atom. The lowest BCUT2D eigenvalue weighted by molar-refractivity contribution is -0.185. The number of hydrogen-bond donors (Lipinski definition) is 0. The fourth-order valence-electron chi connectivity index (χ4n) is 4.20. The van der Waals surface area contributed by atoms with E-state index in [0.29, 0.717) is 12.1 Å². The molecule has 2 aromatic rings. The minimum absolute atomic E-state index is 0.0106. The largest absolute Gasteiger partial charge is 0.429 e. The SMILES string of the molecule is CCCC1CCC(CCc2ccc(OC(F)(F)c3ccc(F)c(F)c3)cc2)CC1. The highest BCUT2D eigenvalue weighted by Crippen LogP contribution is 2.35. The van der Waals surface area contributed by atoms with Crippen molar-refractivity contribution in [1.82, 2.24) is 0 Å². The first-order valence-electron chi connectivity index (χ1n) is 10.5. The molecule has 0 aromatic heterocycles. The van der Waals surface area contributed by atoms with Crippen molar-refractivity contribution in [2.75, 3.05) is 0 Å². The van der Waals surface area contributed by atoms with Crippen LogP contribution in [0, 0.1) is 23.5 Å². The lowest BCUT2D eigenvalue weighted by Gasteiger charge is -2.28. The van der Waals surface area contributed by atoms with Crippen LogP contribution in [-0.4, -0.2) is 0 Å². The molecule has 0 unspecified atom stereocenters. The summed E-state index contributed by atoms with van der Waals surface area (Å²) in [5.41, 5.74) is 0.364. The summed E-state index contributed by atoms with van der Waals surface area (Å²) in [7, 11) is 0. The van der Waals surface area contributed by atoms with E-state index in [-0.39, 0.29) is 5.75 Å². The number of ether oxygens (including phenoxy) is 1. The number of rotatable bonds is 8. The maximum absolute atomic E-state index is 14.2. The third-order valence-electron chi connectivity index (χ3n) is 5.93. The molecule has 0 amide bonds. The van der Waals surface area contributed by atoms with Crippen molar-refractivity contribution in [1.29, 1.82) is 0 Å². The zero-order valence-electron chi connectivity index (χ0n) is 16.8. The molecular formula is C24H28F4O. The van der Waals surface area contributed by atoms with Crippen molar-refractivity contribution < 1.29 is 22.3 Å². The zero-order chi connectivity index (χ0) is 20.9. The van der Waals surface area contributed by atoms with Crippen LogP contribution in [0.5, 0.6) is 5.75 Å². The van der Waals surface area contributed by atoms with Gasteiger partial charge in [-0.1, -0.05) is 57.6 Å². The van der Waals surface area contributed by atoms with Gasteiger partial charge in [-0.05, 0) is 60.6 Å². The average molecular weight is 408 g/mol. The van der Waals surface area contributed by atoms with E-state index in [9.17, 15) is 17.6 Å². The van der Waals surface area contributed by atoms with E-state index in [4.69, 9.17) is 4.74 Å². The Labute approximate surface area is 170 Å². The molecule has 1 aliphatic carbocycles. The van der Waals surface area contributed by atoms with Gasteiger partial charge in [0.15, 0.2) is 11.6 Å². The van der Waals surface area contributed by atoms with Crippen molar-refractivity contribution in [3.63, 3.8) is 0 Å². The van der Waals surface area contributed by atoms with Gasteiger partial charge in [0.25, 0.3) is 0 Å². The first-order valence-corrected chi connectivity index (χ1v) is 10.5. The quantitative estimate of drug-likeness (QED) is 0.408. The van der Waals surface area contributed by atoms with Crippen LogP contribution in [0.1, 0.15) is 63.0 Å². The molecule has 1 nitrogen and oxygen atoms in total. The molecule has 0 radical (unpaired) electrons. The summed E-state index contributed by atoms with van der Waals surface area (Å²) < 4.78 is 59.4. The van der Waals surface area contributed by atoms with Gasteiger partial charge >= 0.3 is 6.11 Å². The van der Waals surface area contributed by atoms with E-state index in [0.717, 1.165) is 36.3 Å². The topological polar surface area (TPSA) is 9.23 Å². The molecule has 2 aromatic carbocycles. The second kappa shape index (κ2) is 9.64. The molecule has 0 spiro atoms. The van der Waals surface area contributed by atoms with Crippen LogP contribution in [0.3, 0.4) is 0 Å². The normalized spacial score (nSPS) is 19.9. The molecule has 29 heavy (non-hydrogen) atoms. The van der Waals surface area contributed by atoms with Gasteiger partial charge < -0.3 is 4.74 Å². The Bertz CT molecular complexity index is 780. The molecule has 0 saturated heterocycles. The summed E-state index contributed by atoms with van der Waals surface area (Å²) in [6.07, 6.45) is 6.11. The number of alkyl halides is 2. The molecular weight excluding hydrogens is 380 g/mol. The van der Waals surface area contributed by atoms with Gasteiger partial charge in [0.2, 0.25) is 0 Å². The van der Waals surface area contributed by atoms with Crippen LogP contribution < -0.4 is 4.74 Å². The second-order valence-electron chi connectivity index (χ2n) is 8.11. The monoisotopic (exact) mass is 408 g/mol. The van der Waals surface area contributed by atoms with Gasteiger partial charge in [-0.2, -0.15) is 8.78 Å².